The van der Waals surface area contributed by atoms with Crippen LogP contribution in [0.15, 0.2) is 6.20 Å². The Balaban J connectivity index is 2.03. The van der Waals surface area contributed by atoms with E-state index in [2.05, 4.69) is 15.3 Å². The van der Waals surface area contributed by atoms with Crippen molar-refractivity contribution in [2.75, 3.05) is 23.9 Å². The molecule has 1 N–H and O–H groups in total. The molecule has 2 aliphatic rings. The van der Waals surface area contributed by atoms with Gasteiger partial charge < -0.3 is 15.0 Å². The van der Waals surface area contributed by atoms with Crippen molar-refractivity contribution in [3.8, 4) is 0 Å². The number of hydrogen-bond donors (Lipinski definition) is 1. The van der Waals surface area contributed by atoms with Crippen LogP contribution >= 0.6 is 11.6 Å². The number of carbonyl (C=O) groups is 1. The van der Waals surface area contributed by atoms with Crippen molar-refractivity contribution in [1.29, 1.82) is 0 Å². The van der Waals surface area contributed by atoms with Crippen molar-refractivity contribution in [3.05, 3.63) is 11.5 Å². The fourth-order valence-corrected chi connectivity index (χ4v) is 2.45. The third-order valence-electron chi connectivity index (χ3n) is 3.17. The molecule has 0 spiro atoms. The maximum Gasteiger partial charge on any atom is 0.247 e. The number of rotatable bonds is 1. The smallest absolute Gasteiger partial charge is 0.247 e. The summed E-state index contributed by atoms with van der Waals surface area (Å²) in [7, 11) is 1.65. The normalized spacial score (nSPS) is 26.5. The van der Waals surface area contributed by atoms with Crippen molar-refractivity contribution in [3.63, 3.8) is 0 Å². The minimum atomic E-state index is -0.224. The van der Waals surface area contributed by atoms with Crippen molar-refractivity contribution in [1.82, 2.24) is 9.97 Å². The fraction of sp³-hybridized carbons (Fsp3) is 0.500. The molecule has 2 atom stereocenters. The summed E-state index contributed by atoms with van der Waals surface area (Å²) in [6, 6.07) is -0.224. The van der Waals surface area contributed by atoms with E-state index in [-0.39, 0.29) is 23.3 Å². The molecule has 1 aromatic heterocycles. The first kappa shape index (κ1) is 10.7. The summed E-state index contributed by atoms with van der Waals surface area (Å²) in [5.74, 6) is 0.636. The van der Waals surface area contributed by atoms with Gasteiger partial charge in [0.1, 0.15) is 11.7 Å². The molecule has 17 heavy (non-hydrogen) atoms. The molecule has 2 aliphatic heterocycles. The highest BCUT2D eigenvalue weighted by Crippen LogP contribution is 2.35. The topological polar surface area (TPSA) is 67.3 Å². The van der Waals surface area contributed by atoms with Crippen LogP contribution in [0.4, 0.5) is 11.5 Å². The van der Waals surface area contributed by atoms with E-state index in [0.29, 0.717) is 24.5 Å². The highest BCUT2D eigenvalue weighted by molar-refractivity contribution is 6.28. The largest absolute Gasteiger partial charge is 0.380 e. The average molecular weight is 255 g/mol. The lowest BCUT2D eigenvalue weighted by Gasteiger charge is -2.30. The van der Waals surface area contributed by atoms with E-state index in [1.807, 2.05) is 4.90 Å². The van der Waals surface area contributed by atoms with Crippen LogP contribution in [-0.4, -0.2) is 41.7 Å². The van der Waals surface area contributed by atoms with E-state index in [4.69, 9.17) is 16.3 Å². The Morgan fingerprint density at radius 1 is 1.65 bits per heavy atom. The standard InChI is InChI=1S/C10H11ClN4O2/c1-17-5-2-7-9(16)13-6-3-12-10(11)14-8(6)15(7)4-5/h3,5,7H,2,4H2,1H3,(H,13,16). The molecule has 0 radical (unpaired) electrons. The summed E-state index contributed by atoms with van der Waals surface area (Å²) in [6.45, 7) is 0.648. The Labute approximate surface area is 103 Å². The van der Waals surface area contributed by atoms with Crippen molar-refractivity contribution in [2.24, 2.45) is 0 Å². The van der Waals surface area contributed by atoms with E-state index in [1.165, 1.54) is 6.20 Å². The predicted molar refractivity (Wildman–Crippen MR) is 62.2 cm³/mol. The third-order valence-corrected chi connectivity index (χ3v) is 3.35. The van der Waals surface area contributed by atoms with E-state index >= 15 is 0 Å². The number of carbonyl (C=O) groups excluding carboxylic acids is 1. The van der Waals surface area contributed by atoms with Crippen molar-refractivity contribution in [2.45, 2.75) is 18.6 Å². The van der Waals surface area contributed by atoms with Gasteiger partial charge in [-0.05, 0) is 11.6 Å². The van der Waals surface area contributed by atoms with Gasteiger partial charge in [-0.25, -0.2) is 4.98 Å². The van der Waals surface area contributed by atoms with Gasteiger partial charge in [-0.15, -0.1) is 0 Å². The van der Waals surface area contributed by atoms with Crippen LogP contribution in [0.5, 0.6) is 0 Å². The van der Waals surface area contributed by atoms with Gasteiger partial charge in [-0.3, -0.25) is 4.79 Å². The summed E-state index contributed by atoms with van der Waals surface area (Å²) >= 11 is 5.78. The zero-order valence-corrected chi connectivity index (χ0v) is 9.94. The molecule has 3 rings (SSSR count). The summed E-state index contributed by atoms with van der Waals surface area (Å²) < 4.78 is 5.30. The number of aromatic nitrogens is 2. The number of halogens is 1. The number of amides is 1. The second-order valence-electron chi connectivity index (χ2n) is 4.13. The Hall–Kier alpha value is -1.40. The fourth-order valence-electron chi connectivity index (χ4n) is 2.33. The lowest BCUT2D eigenvalue weighted by molar-refractivity contribution is -0.117. The zero-order valence-electron chi connectivity index (χ0n) is 9.18. The monoisotopic (exact) mass is 254 g/mol. The van der Waals surface area contributed by atoms with Crippen LogP contribution in [0.1, 0.15) is 6.42 Å². The molecular weight excluding hydrogens is 244 g/mol. The number of fused-ring (bicyclic) bond motifs is 3. The van der Waals surface area contributed by atoms with E-state index in [0.717, 1.165) is 0 Å². The minimum Gasteiger partial charge on any atom is -0.380 e. The van der Waals surface area contributed by atoms with Crippen LogP contribution < -0.4 is 10.2 Å². The van der Waals surface area contributed by atoms with Crippen molar-refractivity contribution >= 4 is 29.0 Å². The Kier molecular flexibility index (Phi) is 2.41. The second kappa shape index (κ2) is 3.82. The van der Waals surface area contributed by atoms with Gasteiger partial charge in [0.05, 0.1) is 12.3 Å². The molecular formula is C10H11ClN4O2. The number of ether oxygens (including phenoxy) is 1. The first-order valence-corrected chi connectivity index (χ1v) is 5.69. The molecule has 90 valence electrons. The van der Waals surface area contributed by atoms with Gasteiger partial charge in [-0.1, -0.05) is 0 Å². The van der Waals surface area contributed by atoms with E-state index in [1.54, 1.807) is 7.11 Å². The summed E-state index contributed by atoms with van der Waals surface area (Å²) in [5, 5.41) is 2.96. The highest BCUT2D eigenvalue weighted by atomic mass is 35.5. The maximum absolute atomic E-state index is 11.9. The Morgan fingerprint density at radius 2 is 2.47 bits per heavy atom. The molecule has 0 saturated carbocycles. The Morgan fingerprint density at radius 3 is 3.24 bits per heavy atom. The summed E-state index contributed by atoms with van der Waals surface area (Å²) in [4.78, 5) is 21.8. The van der Waals surface area contributed by atoms with Gasteiger partial charge in [0, 0.05) is 20.1 Å². The third kappa shape index (κ3) is 1.64. The lowest BCUT2D eigenvalue weighted by atomic mass is 10.1. The molecule has 1 fully saturated rings. The van der Waals surface area contributed by atoms with Crippen molar-refractivity contribution < 1.29 is 9.53 Å². The van der Waals surface area contributed by atoms with Gasteiger partial charge >= 0.3 is 0 Å². The molecule has 7 heteroatoms. The Bertz CT molecular complexity index is 481. The molecule has 2 unspecified atom stereocenters. The molecule has 3 heterocycles. The van der Waals surface area contributed by atoms with Crippen LogP contribution in [0.3, 0.4) is 0 Å². The average Bonchev–Trinajstić information content (AvgIpc) is 2.75. The number of hydrogen-bond acceptors (Lipinski definition) is 5. The first-order valence-electron chi connectivity index (χ1n) is 5.32. The van der Waals surface area contributed by atoms with Gasteiger partial charge in [-0.2, -0.15) is 4.98 Å². The molecule has 0 aliphatic carbocycles. The molecule has 6 nitrogen and oxygen atoms in total. The lowest BCUT2D eigenvalue weighted by Crippen LogP contribution is -2.44. The van der Waals surface area contributed by atoms with Crippen LogP contribution in [-0.2, 0) is 9.53 Å². The SMILES string of the molecule is COC1CC2C(=O)Nc3cnc(Cl)nc3N2C1. The van der Waals surface area contributed by atoms with Gasteiger partial charge in [0.2, 0.25) is 11.2 Å². The maximum atomic E-state index is 11.9. The van der Waals surface area contributed by atoms with Crippen LogP contribution in [0, 0.1) is 0 Å². The van der Waals surface area contributed by atoms with E-state index < -0.39 is 0 Å². The number of methoxy groups -OCH3 is 1. The quantitative estimate of drug-likeness (QED) is 0.747. The number of anilines is 2. The van der Waals surface area contributed by atoms with Crippen LogP contribution in [0.25, 0.3) is 0 Å². The molecule has 0 bridgehead atoms. The summed E-state index contributed by atoms with van der Waals surface area (Å²) in [5.41, 5.74) is 0.604. The highest BCUT2D eigenvalue weighted by Gasteiger charge is 2.42. The number of nitrogens with zero attached hydrogens (tertiary/aromatic N) is 3. The summed E-state index contributed by atoms with van der Waals surface area (Å²) in [6.07, 6.45) is 2.24. The zero-order chi connectivity index (χ0) is 12.0. The second-order valence-corrected chi connectivity index (χ2v) is 4.47. The van der Waals surface area contributed by atoms with Crippen LogP contribution in [0.2, 0.25) is 5.28 Å². The predicted octanol–water partition coefficient (Wildman–Crippen LogP) is 0.676. The van der Waals surface area contributed by atoms with Gasteiger partial charge in [0.25, 0.3) is 0 Å². The molecule has 1 saturated heterocycles. The molecule has 1 aromatic rings. The van der Waals surface area contributed by atoms with Gasteiger partial charge in [0.15, 0.2) is 5.82 Å². The molecule has 0 aromatic carbocycles. The molecule has 1 amide bonds. The first-order chi connectivity index (χ1) is 8.19. The minimum absolute atomic E-state index is 0.0389. The number of nitrogens with one attached hydrogen (secondary N) is 1. The van der Waals surface area contributed by atoms with E-state index in [9.17, 15) is 4.79 Å².